The zero-order valence-electron chi connectivity index (χ0n) is 13.0. The molecule has 0 aliphatic carbocycles. The fraction of sp³-hybridized carbons (Fsp3) is 0.333. The number of anilines is 1. The lowest BCUT2D eigenvalue weighted by Gasteiger charge is -2.41. The second-order valence-electron chi connectivity index (χ2n) is 5.96. The highest BCUT2D eigenvalue weighted by Gasteiger charge is 2.48. The Hall–Kier alpha value is -1.96. The molecule has 1 saturated heterocycles. The summed E-state index contributed by atoms with van der Waals surface area (Å²) in [7, 11) is 0. The molecule has 0 amide bonds. The predicted molar refractivity (Wildman–Crippen MR) is 89.3 cm³/mol. The fourth-order valence-corrected chi connectivity index (χ4v) is 2.69. The Labute approximate surface area is 140 Å². The summed E-state index contributed by atoms with van der Waals surface area (Å²) in [5.74, 6) is -1.96. The van der Waals surface area contributed by atoms with Crippen LogP contribution in [0, 0.1) is 0 Å². The average Bonchev–Trinajstić information content (AvgIpc) is 2.63. The number of nitrogens with one attached hydrogen (secondary N) is 1. The van der Waals surface area contributed by atoms with E-state index in [2.05, 4.69) is 5.32 Å². The minimum atomic E-state index is -1.96. The summed E-state index contributed by atoms with van der Waals surface area (Å²) >= 11 is 0. The van der Waals surface area contributed by atoms with Crippen LogP contribution in [-0.4, -0.2) is 57.7 Å². The molecular weight excluding hydrogens is 310 g/mol. The van der Waals surface area contributed by atoms with Crippen LogP contribution in [0.5, 0.6) is 0 Å². The Morgan fingerprint density at radius 1 is 0.958 bits per heavy atom. The standard InChI is InChI=1S/C18H21NO5/c20-15-10-24-18(23,17(22)16(15)21)11-19-14-8-6-13(7-9-14)12-4-2-1-3-5-12/h1-9,15-17,19-23H,10-11H2/t15-,16-,17+,18-/m1/s1. The van der Waals surface area contributed by atoms with Crippen molar-refractivity contribution < 1.29 is 25.2 Å². The van der Waals surface area contributed by atoms with Crippen LogP contribution in [0.25, 0.3) is 11.1 Å². The van der Waals surface area contributed by atoms with Crippen LogP contribution >= 0.6 is 0 Å². The van der Waals surface area contributed by atoms with Crippen LogP contribution in [-0.2, 0) is 4.74 Å². The molecular formula is C18H21NO5. The second kappa shape index (κ2) is 6.88. The molecule has 1 heterocycles. The third-order valence-electron chi connectivity index (χ3n) is 4.22. The summed E-state index contributed by atoms with van der Waals surface area (Å²) in [6.07, 6.45) is -4.27. The van der Waals surface area contributed by atoms with E-state index in [-0.39, 0.29) is 13.2 Å². The van der Waals surface area contributed by atoms with Gasteiger partial charge in [0, 0.05) is 5.69 Å². The van der Waals surface area contributed by atoms with E-state index in [1.807, 2.05) is 54.6 Å². The van der Waals surface area contributed by atoms with Crippen LogP contribution in [0.1, 0.15) is 0 Å². The van der Waals surface area contributed by atoms with Gasteiger partial charge in [-0.3, -0.25) is 0 Å². The van der Waals surface area contributed by atoms with Crippen LogP contribution < -0.4 is 5.32 Å². The third kappa shape index (κ3) is 3.43. The van der Waals surface area contributed by atoms with Crippen molar-refractivity contribution in [1.29, 1.82) is 0 Å². The van der Waals surface area contributed by atoms with E-state index in [0.29, 0.717) is 0 Å². The van der Waals surface area contributed by atoms with Crippen LogP contribution in [0.4, 0.5) is 5.69 Å². The van der Waals surface area contributed by atoms with E-state index in [1.165, 1.54) is 0 Å². The molecule has 5 N–H and O–H groups in total. The van der Waals surface area contributed by atoms with Gasteiger partial charge in [0.05, 0.1) is 13.2 Å². The molecule has 2 aromatic rings. The number of ether oxygens (including phenoxy) is 1. The Balaban J connectivity index is 1.65. The highest BCUT2D eigenvalue weighted by Crippen LogP contribution is 2.25. The predicted octanol–water partition coefficient (Wildman–Crippen LogP) is 0.567. The molecule has 0 radical (unpaired) electrons. The van der Waals surface area contributed by atoms with Gasteiger partial charge in [-0.25, -0.2) is 0 Å². The largest absolute Gasteiger partial charge is 0.388 e. The summed E-state index contributed by atoms with van der Waals surface area (Å²) in [5, 5.41) is 42.3. The number of benzene rings is 2. The first-order chi connectivity index (χ1) is 11.5. The normalized spacial score (nSPS) is 30.1. The van der Waals surface area contributed by atoms with Gasteiger partial charge < -0.3 is 30.5 Å². The van der Waals surface area contributed by atoms with Gasteiger partial charge in [-0.05, 0) is 23.3 Å². The molecule has 1 aliphatic heterocycles. The Bertz CT molecular complexity index is 663. The van der Waals surface area contributed by atoms with E-state index in [9.17, 15) is 20.4 Å². The summed E-state index contributed by atoms with van der Waals surface area (Å²) in [6.45, 7) is -0.369. The number of hydrogen-bond donors (Lipinski definition) is 5. The Morgan fingerprint density at radius 3 is 2.25 bits per heavy atom. The van der Waals surface area contributed by atoms with Crippen molar-refractivity contribution in [3.8, 4) is 11.1 Å². The molecule has 128 valence electrons. The average molecular weight is 331 g/mol. The van der Waals surface area contributed by atoms with E-state index < -0.39 is 24.1 Å². The molecule has 0 bridgehead atoms. The SMILES string of the molecule is O[C@@H]1[C@H](O)CO[C@](O)(CNc2ccc(-c3ccccc3)cc2)[C@H]1O. The first-order valence-corrected chi connectivity index (χ1v) is 7.79. The summed E-state index contributed by atoms with van der Waals surface area (Å²) in [5.41, 5.74) is 2.90. The van der Waals surface area contributed by atoms with Crippen LogP contribution in [0.15, 0.2) is 54.6 Å². The van der Waals surface area contributed by atoms with E-state index >= 15 is 0 Å². The lowest BCUT2D eigenvalue weighted by molar-refractivity contribution is -0.313. The third-order valence-corrected chi connectivity index (χ3v) is 4.22. The van der Waals surface area contributed by atoms with Crippen molar-refractivity contribution in [2.45, 2.75) is 24.1 Å². The van der Waals surface area contributed by atoms with Crippen LogP contribution in [0.2, 0.25) is 0 Å². The van der Waals surface area contributed by atoms with Gasteiger partial charge in [-0.1, -0.05) is 42.5 Å². The van der Waals surface area contributed by atoms with E-state index in [4.69, 9.17) is 4.74 Å². The maximum Gasteiger partial charge on any atom is 0.212 e. The molecule has 4 atom stereocenters. The first kappa shape index (κ1) is 16.9. The molecule has 3 rings (SSSR count). The van der Waals surface area contributed by atoms with Gasteiger partial charge in [0.1, 0.15) is 18.3 Å². The van der Waals surface area contributed by atoms with Crippen molar-refractivity contribution in [2.75, 3.05) is 18.5 Å². The quantitative estimate of drug-likeness (QED) is 0.561. The van der Waals surface area contributed by atoms with Crippen molar-refractivity contribution >= 4 is 5.69 Å². The minimum absolute atomic E-state index is 0.122. The first-order valence-electron chi connectivity index (χ1n) is 7.79. The summed E-state index contributed by atoms with van der Waals surface area (Å²) in [4.78, 5) is 0. The zero-order valence-corrected chi connectivity index (χ0v) is 13.0. The number of aliphatic hydroxyl groups is 4. The number of rotatable bonds is 4. The van der Waals surface area contributed by atoms with Crippen molar-refractivity contribution in [3.63, 3.8) is 0 Å². The van der Waals surface area contributed by atoms with Gasteiger partial charge >= 0.3 is 0 Å². The van der Waals surface area contributed by atoms with Crippen LogP contribution in [0.3, 0.4) is 0 Å². The number of hydrogen-bond acceptors (Lipinski definition) is 6. The fourth-order valence-electron chi connectivity index (χ4n) is 2.69. The summed E-state index contributed by atoms with van der Waals surface area (Å²) < 4.78 is 5.11. The highest BCUT2D eigenvalue weighted by atomic mass is 16.6. The van der Waals surface area contributed by atoms with Crippen molar-refractivity contribution in [1.82, 2.24) is 0 Å². The molecule has 1 fully saturated rings. The van der Waals surface area contributed by atoms with E-state index in [1.54, 1.807) is 0 Å². The Morgan fingerprint density at radius 2 is 1.58 bits per heavy atom. The Kier molecular flexibility index (Phi) is 4.84. The van der Waals surface area contributed by atoms with Gasteiger partial charge in [-0.15, -0.1) is 0 Å². The highest BCUT2D eigenvalue weighted by molar-refractivity contribution is 5.65. The minimum Gasteiger partial charge on any atom is -0.388 e. The van der Waals surface area contributed by atoms with Gasteiger partial charge in [0.25, 0.3) is 0 Å². The maximum atomic E-state index is 10.3. The van der Waals surface area contributed by atoms with Crippen molar-refractivity contribution in [3.05, 3.63) is 54.6 Å². The smallest absolute Gasteiger partial charge is 0.212 e. The van der Waals surface area contributed by atoms with Gasteiger partial charge in [0.15, 0.2) is 0 Å². The zero-order chi connectivity index (χ0) is 17.2. The molecule has 24 heavy (non-hydrogen) atoms. The van der Waals surface area contributed by atoms with Crippen molar-refractivity contribution in [2.24, 2.45) is 0 Å². The lowest BCUT2D eigenvalue weighted by atomic mass is 9.96. The molecule has 0 spiro atoms. The molecule has 1 aliphatic rings. The molecule has 2 aromatic carbocycles. The molecule has 6 heteroatoms. The number of aliphatic hydroxyl groups excluding tert-OH is 3. The topological polar surface area (TPSA) is 102 Å². The van der Waals surface area contributed by atoms with Gasteiger partial charge in [0.2, 0.25) is 5.79 Å². The molecule has 0 saturated carbocycles. The maximum absolute atomic E-state index is 10.3. The lowest BCUT2D eigenvalue weighted by Crippen LogP contribution is -2.63. The van der Waals surface area contributed by atoms with E-state index in [0.717, 1.165) is 16.8 Å². The van der Waals surface area contributed by atoms with Gasteiger partial charge in [-0.2, -0.15) is 0 Å². The monoisotopic (exact) mass is 331 g/mol. The molecule has 0 unspecified atom stereocenters. The molecule has 0 aromatic heterocycles. The second-order valence-corrected chi connectivity index (χ2v) is 5.96. The molecule has 6 nitrogen and oxygen atoms in total. The summed E-state index contributed by atoms with van der Waals surface area (Å²) in [6, 6.07) is 17.5.